The normalized spacial score (nSPS) is 26.0. The van der Waals surface area contributed by atoms with E-state index in [2.05, 4.69) is 32.3 Å². The predicted octanol–water partition coefficient (Wildman–Crippen LogP) is 4.08. The number of hydrogen-bond acceptors (Lipinski definition) is 6. The van der Waals surface area contributed by atoms with Crippen LogP contribution >= 0.6 is 23.1 Å². The van der Waals surface area contributed by atoms with Crippen LogP contribution in [0.25, 0.3) is 10.7 Å². The number of hydrogen-bond donors (Lipinski definition) is 2. The summed E-state index contributed by atoms with van der Waals surface area (Å²) in [6, 6.07) is 4.17. The Kier molecular flexibility index (Phi) is 5.58. The fraction of sp³-hybridized carbons (Fsp3) is 0.619. The van der Waals surface area contributed by atoms with Crippen LogP contribution in [0.1, 0.15) is 51.5 Å². The lowest BCUT2D eigenvalue weighted by Gasteiger charge is -2.28. The van der Waals surface area contributed by atoms with Gasteiger partial charge in [-0.1, -0.05) is 24.2 Å². The average molecular weight is 446 g/mol. The zero-order valence-electron chi connectivity index (χ0n) is 17.0. The van der Waals surface area contributed by atoms with Crippen molar-refractivity contribution in [1.29, 1.82) is 0 Å². The van der Waals surface area contributed by atoms with E-state index in [1.807, 2.05) is 17.5 Å². The van der Waals surface area contributed by atoms with Crippen LogP contribution in [0.3, 0.4) is 0 Å². The van der Waals surface area contributed by atoms with E-state index in [1.165, 1.54) is 37.4 Å². The van der Waals surface area contributed by atoms with Crippen LogP contribution in [0.15, 0.2) is 22.7 Å². The van der Waals surface area contributed by atoms with E-state index in [0.29, 0.717) is 12.0 Å². The molecular formula is C21H27N5O2S2. The van der Waals surface area contributed by atoms with Gasteiger partial charge >= 0.3 is 6.03 Å². The first-order valence-corrected chi connectivity index (χ1v) is 12.7. The van der Waals surface area contributed by atoms with E-state index < -0.39 is 0 Å². The highest BCUT2D eigenvalue weighted by atomic mass is 32.2. The molecular weight excluding hydrogens is 418 g/mol. The van der Waals surface area contributed by atoms with Gasteiger partial charge in [0.15, 0.2) is 11.0 Å². The molecule has 2 aromatic heterocycles. The summed E-state index contributed by atoms with van der Waals surface area (Å²) in [5.74, 6) is 2.84. The van der Waals surface area contributed by atoms with E-state index in [4.69, 9.17) is 0 Å². The Balaban J connectivity index is 1.14. The zero-order chi connectivity index (χ0) is 20.7. The monoisotopic (exact) mass is 445 g/mol. The number of rotatable bonds is 7. The molecule has 30 heavy (non-hydrogen) atoms. The van der Waals surface area contributed by atoms with Crippen molar-refractivity contribution in [1.82, 2.24) is 25.4 Å². The SMILES string of the molecule is CC(NC(=O)NC(=O)CSc1nnc(-c2cccs2)n1C1CC1)C1CC2CCC1C2. The second kappa shape index (κ2) is 8.34. The van der Waals surface area contributed by atoms with Crippen LogP contribution in [0.4, 0.5) is 4.79 Å². The standard InChI is InChI=1S/C21H27N5O2S2/c1-12(16-10-13-4-5-14(16)9-13)22-20(28)23-18(27)11-30-21-25-24-19(17-3-2-8-29-17)26(21)15-6-7-15/h2-3,8,12-16H,4-7,9-11H2,1H3,(H2,22,23,27,28). The molecule has 2 N–H and O–H groups in total. The second-order valence-corrected chi connectivity index (χ2v) is 10.7. The molecule has 7 nitrogen and oxygen atoms in total. The van der Waals surface area contributed by atoms with E-state index in [9.17, 15) is 9.59 Å². The summed E-state index contributed by atoms with van der Waals surface area (Å²) < 4.78 is 2.14. The topological polar surface area (TPSA) is 88.9 Å². The van der Waals surface area contributed by atoms with Crippen LogP contribution in [-0.4, -0.2) is 38.5 Å². The third-order valence-electron chi connectivity index (χ3n) is 6.70. The molecule has 3 fully saturated rings. The predicted molar refractivity (Wildman–Crippen MR) is 117 cm³/mol. The van der Waals surface area contributed by atoms with Crippen molar-refractivity contribution < 1.29 is 9.59 Å². The first-order chi connectivity index (χ1) is 14.6. The van der Waals surface area contributed by atoms with Crippen LogP contribution in [0.2, 0.25) is 0 Å². The van der Waals surface area contributed by atoms with Crippen molar-refractivity contribution in [2.75, 3.05) is 5.75 Å². The molecule has 0 aliphatic heterocycles. The second-order valence-electron chi connectivity index (χ2n) is 8.82. The highest BCUT2D eigenvalue weighted by Gasteiger charge is 2.42. The molecule has 5 rings (SSSR count). The van der Waals surface area contributed by atoms with Gasteiger partial charge in [-0.05, 0) is 68.2 Å². The van der Waals surface area contributed by atoms with Crippen molar-refractivity contribution in [3.63, 3.8) is 0 Å². The minimum atomic E-state index is -0.390. The molecule has 0 spiro atoms. The van der Waals surface area contributed by atoms with Crippen LogP contribution in [0, 0.1) is 17.8 Å². The van der Waals surface area contributed by atoms with E-state index in [1.54, 1.807) is 11.3 Å². The lowest BCUT2D eigenvalue weighted by atomic mass is 9.84. The van der Waals surface area contributed by atoms with Crippen molar-refractivity contribution in [2.45, 2.75) is 62.7 Å². The van der Waals surface area contributed by atoms with Crippen molar-refractivity contribution in [2.24, 2.45) is 17.8 Å². The van der Waals surface area contributed by atoms with Gasteiger partial charge in [0.25, 0.3) is 0 Å². The van der Waals surface area contributed by atoms with Crippen LogP contribution in [0.5, 0.6) is 0 Å². The Bertz CT molecular complexity index is 924. The summed E-state index contributed by atoms with van der Waals surface area (Å²) >= 11 is 2.98. The number of thioether (sulfide) groups is 1. The number of imide groups is 1. The Labute approximate surface area is 184 Å². The number of nitrogens with zero attached hydrogens (tertiary/aromatic N) is 3. The number of aromatic nitrogens is 3. The van der Waals surface area contributed by atoms with Crippen molar-refractivity contribution >= 4 is 35.0 Å². The number of fused-ring (bicyclic) bond motifs is 2. The molecule has 0 saturated heterocycles. The minimum absolute atomic E-state index is 0.104. The summed E-state index contributed by atoms with van der Waals surface area (Å²) in [6.45, 7) is 2.06. The summed E-state index contributed by atoms with van der Waals surface area (Å²) in [5.41, 5.74) is 0. The molecule has 0 radical (unpaired) electrons. The highest BCUT2D eigenvalue weighted by Crippen LogP contribution is 2.49. The maximum Gasteiger partial charge on any atom is 0.321 e. The summed E-state index contributed by atoms with van der Waals surface area (Å²) in [4.78, 5) is 25.7. The lowest BCUT2D eigenvalue weighted by Crippen LogP contribution is -2.47. The molecule has 3 aliphatic rings. The maximum atomic E-state index is 12.3. The number of nitrogens with one attached hydrogen (secondary N) is 2. The van der Waals surface area contributed by atoms with E-state index in [-0.39, 0.29) is 23.7 Å². The maximum absolute atomic E-state index is 12.3. The van der Waals surface area contributed by atoms with Gasteiger partial charge in [0.05, 0.1) is 10.6 Å². The van der Waals surface area contributed by atoms with Crippen molar-refractivity contribution in [3.8, 4) is 10.7 Å². The Hall–Kier alpha value is -1.87. The molecule has 2 aromatic rings. The molecule has 3 saturated carbocycles. The first-order valence-electron chi connectivity index (χ1n) is 10.8. The highest BCUT2D eigenvalue weighted by molar-refractivity contribution is 7.99. The van der Waals surface area contributed by atoms with E-state index in [0.717, 1.165) is 40.5 Å². The number of amides is 3. The fourth-order valence-corrected chi connectivity index (χ4v) is 6.67. The summed E-state index contributed by atoms with van der Waals surface area (Å²) in [6.07, 6.45) is 7.37. The third kappa shape index (κ3) is 4.14. The third-order valence-corrected chi connectivity index (χ3v) is 8.51. The summed E-state index contributed by atoms with van der Waals surface area (Å²) in [5, 5.41) is 16.9. The molecule has 160 valence electrons. The number of thiophene rings is 1. The largest absolute Gasteiger partial charge is 0.335 e. The Morgan fingerprint density at radius 1 is 1.27 bits per heavy atom. The fourth-order valence-electron chi connectivity index (χ4n) is 5.16. The molecule has 9 heteroatoms. The Morgan fingerprint density at radius 3 is 2.80 bits per heavy atom. The molecule has 0 aromatic carbocycles. The van der Waals surface area contributed by atoms with Gasteiger partial charge in [0.2, 0.25) is 5.91 Å². The van der Waals surface area contributed by atoms with Crippen LogP contribution in [-0.2, 0) is 4.79 Å². The van der Waals surface area contributed by atoms with Gasteiger partial charge in [-0.2, -0.15) is 0 Å². The molecule has 3 amide bonds. The van der Waals surface area contributed by atoms with Gasteiger partial charge in [-0.15, -0.1) is 21.5 Å². The smallest absolute Gasteiger partial charge is 0.321 e. The van der Waals surface area contributed by atoms with Crippen LogP contribution < -0.4 is 10.6 Å². The molecule has 4 unspecified atom stereocenters. The molecule has 3 aliphatic carbocycles. The molecule has 2 heterocycles. The number of urea groups is 1. The zero-order valence-corrected chi connectivity index (χ0v) is 18.7. The molecule has 2 bridgehead atoms. The Morgan fingerprint density at radius 2 is 2.13 bits per heavy atom. The molecule has 4 atom stereocenters. The number of carbonyl (C=O) groups excluding carboxylic acids is 2. The van der Waals surface area contributed by atoms with Gasteiger partial charge in [0.1, 0.15) is 0 Å². The minimum Gasteiger partial charge on any atom is -0.335 e. The van der Waals surface area contributed by atoms with Gasteiger partial charge in [-0.25, -0.2) is 4.79 Å². The first kappa shape index (κ1) is 20.1. The number of carbonyl (C=O) groups is 2. The van der Waals surface area contributed by atoms with Gasteiger partial charge in [0, 0.05) is 12.1 Å². The summed E-state index contributed by atoms with van der Waals surface area (Å²) in [7, 11) is 0. The van der Waals surface area contributed by atoms with E-state index >= 15 is 0 Å². The van der Waals surface area contributed by atoms with Crippen molar-refractivity contribution in [3.05, 3.63) is 17.5 Å². The quantitative estimate of drug-likeness (QED) is 0.627. The average Bonchev–Trinajstić information content (AvgIpc) is 3.19. The lowest BCUT2D eigenvalue weighted by molar-refractivity contribution is -0.117. The van der Waals surface area contributed by atoms with Gasteiger partial charge < -0.3 is 5.32 Å². The van der Waals surface area contributed by atoms with Gasteiger partial charge in [-0.3, -0.25) is 14.7 Å².